The monoisotopic (exact) mass is 328 g/mol. The highest BCUT2D eigenvalue weighted by Gasteiger charge is 2.20. The average Bonchev–Trinajstić information content (AvgIpc) is 3.25. The van der Waals surface area contributed by atoms with Crippen molar-refractivity contribution in [2.75, 3.05) is 36.5 Å². The second kappa shape index (κ2) is 5.93. The lowest BCUT2D eigenvalue weighted by Gasteiger charge is -2.28. The Bertz CT molecular complexity index is 880. The molecule has 1 amide bonds. The van der Waals surface area contributed by atoms with E-state index in [1.54, 1.807) is 17.9 Å². The Balaban J connectivity index is 1.65. The molecule has 1 aliphatic heterocycles. The molecule has 2 aromatic heterocycles. The maximum atomic E-state index is 12.3. The van der Waals surface area contributed by atoms with Crippen LogP contribution < -0.4 is 10.2 Å². The molecule has 0 aliphatic carbocycles. The number of carbonyl (C=O) groups excluding carboxylic acids is 1. The standard InChI is InChI=1S/C15H16N6O3/c1-20-9-10(8-16-20)15(22)17-11-2-3-12(14-13(11)18-24-19-14)21-4-6-23-7-5-21/h2-3,8-9H,4-7H2,1H3,(H,17,22). The van der Waals surface area contributed by atoms with Crippen LogP contribution in [0.1, 0.15) is 10.4 Å². The average molecular weight is 328 g/mol. The highest BCUT2D eigenvalue weighted by atomic mass is 16.6. The van der Waals surface area contributed by atoms with Crippen LogP contribution in [-0.4, -0.2) is 52.3 Å². The van der Waals surface area contributed by atoms with Crippen LogP contribution in [0.15, 0.2) is 29.2 Å². The Labute approximate surface area is 137 Å². The van der Waals surface area contributed by atoms with Gasteiger partial charge >= 0.3 is 0 Å². The smallest absolute Gasteiger partial charge is 0.258 e. The summed E-state index contributed by atoms with van der Waals surface area (Å²) >= 11 is 0. The molecule has 0 bridgehead atoms. The zero-order chi connectivity index (χ0) is 16.5. The van der Waals surface area contributed by atoms with Gasteiger partial charge in [-0.3, -0.25) is 9.48 Å². The van der Waals surface area contributed by atoms with Crippen LogP contribution >= 0.6 is 0 Å². The minimum atomic E-state index is -0.258. The predicted octanol–water partition coefficient (Wildman–Crippen LogP) is 1.05. The lowest BCUT2D eigenvalue weighted by molar-refractivity contribution is 0.102. The first-order valence-corrected chi connectivity index (χ1v) is 7.60. The van der Waals surface area contributed by atoms with E-state index in [2.05, 4.69) is 25.6 Å². The number of fused-ring (bicyclic) bond motifs is 1. The highest BCUT2D eigenvalue weighted by molar-refractivity contribution is 6.09. The van der Waals surface area contributed by atoms with Gasteiger partial charge in [-0.2, -0.15) is 5.10 Å². The summed E-state index contributed by atoms with van der Waals surface area (Å²) in [7, 11) is 1.76. The van der Waals surface area contributed by atoms with Crippen molar-refractivity contribution in [1.82, 2.24) is 20.1 Å². The first-order chi connectivity index (χ1) is 11.7. The summed E-state index contributed by atoms with van der Waals surface area (Å²) < 4.78 is 11.9. The summed E-state index contributed by atoms with van der Waals surface area (Å²) in [5.74, 6) is -0.258. The van der Waals surface area contributed by atoms with E-state index >= 15 is 0 Å². The molecule has 3 heterocycles. The fourth-order valence-electron chi connectivity index (χ4n) is 2.75. The molecular formula is C15H16N6O3. The molecule has 1 aromatic carbocycles. The first-order valence-electron chi connectivity index (χ1n) is 7.60. The van der Waals surface area contributed by atoms with Gasteiger partial charge in [0.25, 0.3) is 5.91 Å². The molecule has 1 N–H and O–H groups in total. The van der Waals surface area contributed by atoms with E-state index in [9.17, 15) is 4.79 Å². The number of benzene rings is 1. The van der Waals surface area contributed by atoms with E-state index < -0.39 is 0 Å². The SMILES string of the molecule is Cn1cc(C(=O)Nc2ccc(N3CCOCC3)c3nonc23)cn1. The van der Waals surface area contributed by atoms with Gasteiger partial charge in [0.15, 0.2) is 11.0 Å². The van der Waals surface area contributed by atoms with E-state index in [-0.39, 0.29) is 5.91 Å². The number of hydrogen-bond acceptors (Lipinski definition) is 7. The van der Waals surface area contributed by atoms with Crippen LogP contribution in [0.3, 0.4) is 0 Å². The van der Waals surface area contributed by atoms with E-state index in [1.807, 2.05) is 12.1 Å². The van der Waals surface area contributed by atoms with Crippen LogP contribution in [0.25, 0.3) is 11.0 Å². The maximum absolute atomic E-state index is 12.3. The van der Waals surface area contributed by atoms with E-state index in [0.29, 0.717) is 35.5 Å². The summed E-state index contributed by atoms with van der Waals surface area (Å²) in [6.45, 7) is 2.91. The van der Waals surface area contributed by atoms with Gasteiger partial charge in [-0.1, -0.05) is 0 Å². The number of anilines is 2. The lowest BCUT2D eigenvalue weighted by atomic mass is 10.2. The third kappa shape index (κ3) is 2.58. The minimum Gasteiger partial charge on any atom is -0.378 e. The summed E-state index contributed by atoms with van der Waals surface area (Å²) in [5, 5.41) is 14.8. The number of nitrogens with one attached hydrogen (secondary N) is 1. The fraction of sp³-hybridized carbons (Fsp3) is 0.333. The topological polar surface area (TPSA) is 98.3 Å². The molecule has 3 aromatic rings. The molecule has 0 atom stereocenters. The van der Waals surface area contributed by atoms with Crippen molar-refractivity contribution in [2.45, 2.75) is 0 Å². The number of hydrogen-bond donors (Lipinski definition) is 1. The molecule has 24 heavy (non-hydrogen) atoms. The van der Waals surface area contributed by atoms with E-state index in [1.165, 1.54) is 6.20 Å². The molecule has 1 aliphatic rings. The van der Waals surface area contributed by atoms with Gasteiger partial charge in [-0.25, -0.2) is 4.63 Å². The number of carbonyl (C=O) groups is 1. The van der Waals surface area contributed by atoms with Crippen molar-refractivity contribution >= 4 is 28.3 Å². The van der Waals surface area contributed by atoms with Gasteiger partial charge in [0.2, 0.25) is 0 Å². The second-order valence-corrected chi connectivity index (χ2v) is 5.55. The van der Waals surface area contributed by atoms with Gasteiger partial charge < -0.3 is 15.0 Å². The molecular weight excluding hydrogens is 312 g/mol. The van der Waals surface area contributed by atoms with Gasteiger partial charge in [0.05, 0.1) is 36.3 Å². The van der Waals surface area contributed by atoms with Crippen LogP contribution in [0.4, 0.5) is 11.4 Å². The number of aromatic nitrogens is 4. The highest BCUT2D eigenvalue weighted by Crippen LogP contribution is 2.30. The zero-order valence-corrected chi connectivity index (χ0v) is 13.1. The van der Waals surface area contributed by atoms with Crippen molar-refractivity contribution in [3.63, 3.8) is 0 Å². The van der Waals surface area contributed by atoms with Crippen LogP contribution in [-0.2, 0) is 11.8 Å². The molecule has 1 saturated heterocycles. The molecule has 9 nitrogen and oxygen atoms in total. The number of ether oxygens (including phenoxy) is 1. The Morgan fingerprint density at radius 2 is 2.00 bits per heavy atom. The first kappa shape index (κ1) is 14.6. The molecule has 1 fully saturated rings. The minimum absolute atomic E-state index is 0.258. The number of morpholine rings is 1. The van der Waals surface area contributed by atoms with Crippen LogP contribution in [0.5, 0.6) is 0 Å². The Morgan fingerprint density at radius 1 is 1.21 bits per heavy atom. The maximum Gasteiger partial charge on any atom is 0.258 e. The fourth-order valence-corrected chi connectivity index (χ4v) is 2.75. The van der Waals surface area contributed by atoms with Crippen molar-refractivity contribution < 1.29 is 14.2 Å². The Kier molecular flexibility index (Phi) is 3.62. The van der Waals surface area contributed by atoms with Crippen molar-refractivity contribution in [2.24, 2.45) is 7.05 Å². The third-order valence-electron chi connectivity index (χ3n) is 3.96. The molecule has 0 radical (unpaired) electrons. The predicted molar refractivity (Wildman–Crippen MR) is 86.0 cm³/mol. The summed E-state index contributed by atoms with van der Waals surface area (Å²) in [6.07, 6.45) is 3.16. The van der Waals surface area contributed by atoms with Crippen molar-refractivity contribution in [3.8, 4) is 0 Å². The Hall–Kier alpha value is -2.94. The normalized spacial score (nSPS) is 15.0. The van der Waals surface area contributed by atoms with Gasteiger partial charge in [-0.15, -0.1) is 0 Å². The van der Waals surface area contributed by atoms with E-state index in [0.717, 1.165) is 18.8 Å². The summed E-state index contributed by atoms with van der Waals surface area (Å²) in [4.78, 5) is 14.5. The Morgan fingerprint density at radius 3 is 2.75 bits per heavy atom. The van der Waals surface area contributed by atoms with E-state index in [4.69, 9.17) is 9.37 Å². The van der Waals surface area contributed by atoms with Crippen molar-refractivity contribution in [3.05, 3.63) is 30.1 Å². The largest absolute Gasteiger partial charge is 0.378 e. The molecule has 124 valence electrons. The molecule has 0 saturated carbocycles. The summed E-state index contributed by atoms with van der Waals surface area (Å²) in [5.41, 5.74) is 3.10. The third-order valence-corrected chi connectivity index (χ3v) is 3.96. The summed E-state index contributed by atoms with van der Waals surface area (Å²) in [6, 6.07) is 3.72. The van der Waals surface area contributed by atoms with Gasteiger partial charge in [-0.05, 0) is 22.4 Å². The molecule has 9 heteroatoms. The zero-order valence-electron chi connectivity index (χ0n) is 13.1. The lowest BCUT2D eigenvalue weighted by Crippen LogP contribution is -2.36. The number of amides is 1. The van der Waals surface area contributed by atoms with Gasteiger partial charge in [0.1, 0.15) is 0 Å². The second-order valence-electron chi connectivity index (χ2n) is 5.55. The quantitative estimate of drug-likeness (QED) is 0.767. The van der Waals surface area contributed by atoms with Gasteiger partial charge in [0, 0.05) is 26.3 Å². The molecule has 0 unspecified atom stereocenters. The van der Waals surface area contributed by atoms with Crippen molar-refractivity contribution in [1.29, 1.82) is 0 Å². The number of nitrogens with zero attached hydrogens (tertiary/aromatic N) is 5. The van der Waals surface area contributed by atoms with Crippen LogP contribution in [0.2, 0.25) is 0 Å². The number of aryl methyl sites for hydroxylation is 1. The molecule has 4 rings (SSSR count). The molecule has 0 spiro atoms. The number of rotatable bonds is 3. The van der Waals surface area contributed by atoms with Crippen LogP contribution in [0, 0.1) is 0 Å².